The van der Waals surface area contributed by atoms with Crippen LogP contribution in [0.5, 0.6) is 0 Å². The Bertz CT molecular complexity index is 535. The zero-order valence-corrected chi connectivity index (χ0v) is 10.8. The van der Waals surface area contributed by atoms with Gasteiger partial charge in [-0.1, -0.05) is 6.07 Å². The number of rotatable bonds is 2. The largest absolute Gasteiger partial charge is 0.383 e. The van der Waals surface area contributed by atoms with Gasteiger partial charge in [0.2, 0.25) is 5.95 Å². The normalized spacial score (nSPS) is 10.2. The third-order valence-corrected chi connectivity index (χ3v) is 2.84. The van der Waals surface area contributed by atoms with Gasteiger partial charge in [0.15, 0.2) is 0 Å². The first-order chi connectivity index (χ1) is 8.04. The molecule has 6 heteroatoms. The van der Waals surface area contributed by atoms with Crippen LogP contribution in [-0.4, -0.2) is 9.97 Å². The minimum Gasteiger partial charge on any atom is -0.383 e. The number of nitrogen functional groups attached to an aromatic ring is 2. The first-order valence-electron chi connectivity index (χ1n) is 4.98. The highest BCUT2D eigenvalue weighted by atomic mass is 79.9. The van der Waals surface area contributed by atoms with E-state index < -0.39 is 0 Å². The molecule has 0 aliphatic rings. The van der Waals surface area contributed by atoms with Crippen LogP contribution in [0.1, 0.15) is 5.56 Å². The third-order valence-electron chi connectivity index (χ3n) is 2.15. The van der Waals surface area contributed by atoms with Crippen molar-refractivity contribution < 1.29 is 0 Å². The molecule has 88 valence electrons. The summed E-state index contributed by atoms with van der Waals surface area (Å²) in [6.45, 7) is 2.01. The van der Waals surface area contributed by atoms with Crippen LogP contribution in [0.4, 0.5) is 23.3 Å². The lowest BCUT2D eigenvalue weighted by molar-refractivity contribution is 1.19. The van der Waals surface area contributed by atoms with Crippen molar-refractivity contribution in [3.63, 3.8) is 0 Å². The highest BCUT2D eigenvalue weighted by Gasteiger charge is 2.03. The lowest BCUT2D eigenvalue weighted by Gasteiger charge is -2.09. The molecule has 1 aromatic heterocycles. The Morgan fingerprint density at radius 1 is 1.18 bits per heavy atom. The van der Waals surface area contributed by atoms with Gasteiger partial charge >= 0.3 is 0 Å². The minimum atomic E-state index is 0.149. The fraction of sp³-hybridized carbons (Fsp3) is 0.0909. The smallest absolute Gasteiger partial charge is 0.223 e. The monoisotopic (exact) mass is 293 g/mol. The Morgan fingerprint density at radius 3 is 2.65 bits per heavy atom. The average molecular weight is 294 g/mol. The number of hydrogen-bond donors (Lipinski definition) is 3. The SMILES string of the molecule is Cc1ccc(Br)c(Nc2cc(N)nc(N)n2)c1. The number of aromatic nitrogens is 2. The van der Waals surface area contributed by atoms with E-state index >= 15 is 0 Å². The van der Waals surface area contributed by atoms with Gasteiger partial charge in [0.05, 0.1) is 5.69 Å². The maximum absolute atomic E-state index is 5.60. The number of nitrogens with zero attached hydrogens (tertiary/aromatic N) is 2. The quantitative estimate of drug-likeness (QED) is 0.791. The van der Waals surface area contributed by atoms with E-state index in [2.05, 4.69) is 31.2 Å². The summed E-state index contributed by atoms with van der Waals surface area (Å²) in [4.78, 5) is 7.86. The van der Waals surface area contributed by atoms with E-state index in [1.165, 1.54) is 0 Å². The molecule has 2 rings (SSSR count). The fourth-order valence-electron chi connectivity index (χ4n) is 1.42. The second kappa shape index (κ2) is 4.58. The second-order valence-corrected chi connectivity index (χ2v) is 4.50. The van der Waals surface area contributed by atoms with E-state index in [9.17, 15) is 0 Å². The molecule has 0 bridgehead atoms. The van der Waals surface area contributed by atoms with Crippen LogP contribution in [0.25, 0.3) is 0 Å². The highest BCUT2D eigenvalue weighted by molar-refractivity contribution is 9.10. The third kappa shape index (κ3) is 2.85. The van der Waals surface area contributed by atoms with Crippen LogP contribution < -0.4 is 16.8 Å². The van der Waals surface area contributed by atoms with Gasteiger partial charge < -0.3 is 16.8 Å². The summed E-state index contributed by atoms with van der Waals surface area (Å²) < 4.78 is 0.943. The molecule has 0 fully saturated rings. The first-order valence-corrected chi connectivity index (χ1v) is 5.77. The topological polar surface area (TPSA) is 89.8 Å². The van der Waals surface area contributed by atoms with Crippen molar-refractivity contribution in [2.24, 2.45) is 0 Å². The van der Waals surface area contributed by atoms with Crippen molar-refractivity contribution in [1.82, 2.24) is 9.97 Å². The lowest BCUT2D eigenvalue weighted by atomic mass is 10.2. The summed E-state index contributed by atoms with van der Waals surface area (Å²) in [5.74, 6) is 1.06. The Morgan fingerprint density at radius 2 is 1.94 bits per heavy atom. The molecule has 0 saturated carbocycles. The van der Waals surface area contributed by atoms with Gasteiger partial charge in [-0.3, -0.25) is 0 Å². The van der Waals surface area contributed by atoms with Gasteiger partial charge in [-0.2, -0.15) is 9.97 Å². The van der Waals surface area contributed by atoms with E-state index in [4.69, 9.17) is 11.5 Å². The molecule has 5 nitrogen and oxygen atoms in total. The van der Waals surface area contributed by atoms with Gasteiger partial charge in [-0.25, -0.2) is 0 Å². The maximum atomic E-state index is 5.60. The van der Waals surface area contributed by atoms with Crippen molar-refractivity contribution in [3.8, 4) is 0 Å². The summed E-state index contributed by atoms with van der Waals surface area (Å²) in [6, 6.07) is 7.60. The molecule has 2 aromatic rings. The molecule has 0 radical (unpaired) electrons. The number of hydrogen-bond acceptors (Lipinski definition) is 5. The van der Waals surface area contributed by atoms with Gasteiger partial charge in [0.1, 0.15) is 11.6 Å². The van der Waals surface area contributed by atoms with Crippen LogP contribution >= 0.6 is 15.9 Å². The first kappa shape index (κ1) is 11.7. The second-order valence-electron chi connectivity index (χ2n) is 3.64. The van der Waals surface area contributed by atoms with E-state index in [0.717, 1.165) is 15.7 Å². The van der Waals surface area contributed by atoms with Crippen molar-refractivity contribution in [1.29, 1.82) is 0 Å². The molecule has 0 aliphatic carbocycles. The van der Waals surface area contributed by atoms with Gasteiger partial charge in [0.25, 0.3) is 0 Å². The molecule has 0 unspecified atom stereocenters. The standard InChI is InChI=1S/C11H12BrN5/c1-6-2-3-7(12)8(4-6)15-10-5-9(13)16-11(14)17-10/h2-5H,1H3,(H5,13,14,15,16,17). The van der Waals surface area contributed by atoms with Crippen molar-refractivity contribution in [3.05, 3.63) is 34.3 Å². The van der Waals surface area contributed by atoms with E-state index in [-0.39, 0.29) is 5.95 Å². The van der Waals surface area contributed by atoms with Gasteiger partial charge in [-0.15, -0.1) is 0 Å². The number of nitrogens with one attached hydrogen (secondary N) is 1. The zero-order valence-electron chi connectivity index (χ0n) is 9.24. The number of aryl methyl sites for hydroxylation is 1. The summed E-state index contributed by atoms with van der Waals surface area (Å²) in [5.41, 5.74) is 13.2. The highest BCUT2D eigenvalue weighted by Crippen LogP contribution is 2.26. The molecule has 0 amide bonds. The molecule has 0 aliphatic heterocycles. The van der Waals surface area contributed by atoms with E-state index in [0.29, 0.717) is 11.6 Å². The molecule has 0 spiro atoms. The molecule has 0 atom stereocenters. The van der Waals surface area contributed by atoms with Gasteiger partial charge in [0, 0.05) is 10.5 Å². The summed E-state index contributed by atoms with van der Waals surface area (Å²) >= 11 is 3.46. The molecule has 5 N–H and O–H groups in total. The Hall–Kier alpha value is -1.82. The number of anilines is 4. The summed E-state index contributed by atoms with van der Waals surface area (Å²) in [5, 5.41) is 3.14. The zero-order chi connectivity index (χ0) is 12.4. The molecule has 1 heterocycles. The molecular weight excluding hydrogens is 282 g/mol. The van der Waals surface area contributed by atoms with Crippen molar-refractivity contribution >= 4 is 39.2 Å². The van der Waals surface area contributed by atoms with Crippen LogP contribution in [0.15, 0.2) is 28.7 Å². The summed E-state index contributed by atoms with van der Waals surface area (Å²) in [7, 11) is 0. The predicted molar refractivity (Wildman–Crippen MR) is 73.0 cm³/mol. The molecule has 1 aromatic carbocycles. The Balaban J connectivity index is 2.34. The Labute approximate surface area is 107 Å². The Kier molecular flexibility index (Phi) is 3.14. The van der Waals surface area contributed by atoms with Crippen molar-refractivity contribution in [2.45, 2.75) is 6.92 Å². The summed E-state index contributed by atoms with van der Waals surface area (Å²) in [6.07, 6.45) is 0. The van der Waals surface area contributed by atoms with Crippen LogP contribution in [0, 0.1) is 6.92 Å². The number of benzene rings is 1. The van der Waals surface area contributed by atoms with Crippen LogP contribution in [-0.2, 0) is 0 Å². The van der Waals surface area contributed by atoms with E-state index in [1.54, 1.807) is 6.07 Å². The van der Waals surface area contributed by atoms with Crippen LogP contribution in [0.3, 0.4) is 0 Å². The molecular formula is C11H12BrN5. The molecule has 17 heavy (non-hydrogen) atoms. The fourth-order valence-corrected chi connectivity index (χ4v) is 1.77. The molecule has 0 saturated heterocycles. The number of halogens is 1. The maximum Gasteiger partial charge on any atom is 0.223 e. The van der Waals surface area contributed by atoms with Gasteiger partial charge in [-0.05, 0) is 40.5 Å². The lowest BCUT2D eigenvalue weighted by Crippen LogP contribution is -2.03. The van der Waals surface area contributed by atoms with Crippen LogP contribution in [0.2, 0.25) is 0 Å². The minimum absolute atomic E-state index is 0.149. The number of nitrogens with two attached hydrogens (primary N) is 2. The predicted octanol–water partition coefficient (Wildman–Crippen LogP) is 2.46. The van der Waals surface area contributed by atoms with E-state index in [1.807, 2.05) is 25.1 Å². The van der Waals surface area contributed by atoms with Crippen molar-refractivity contribution in [2.75, 3.05) is 16.8 Å². The average Bonchev–Trinajstić information content (AvgIpc) is 2.22.